The topological polar surface area (TPSA) is 54.0 Å². The Morgan fingerprint density at radius 1 is 0.769 bits per heavy atom. The van der Waals surface area contributed by atoms with E-state index in [2.05, 4.69) is 0 Å². The van der Waals surface area contributed by atoms with Gasteiger partial charge in [0.05, 0.1) is 28.4 Å². The van der Waals surface area contributed by atoms with E-state index in [0.29, 0.717) is 35.0 Å². The van der Waals surface area contributed by atoms with Crippen LogP contribution in [0, 0.1) is 0 Å². The fraction of sp³-hybridized carbons (Fsp3) is 0.286. The number of ketones is 1. The van der Waals surface area contributed by atoms with Crippen LogP contribution in [0.15, 0.2) is 35.9 Å². The zero-order chi connectivity index (χ0) is 18.7. The smallest absolute Gasteiger partial charge is 0.189 e. The predicted molar refractivity (Wildman–Crippen MR) is 99.7 cm³/mol. The van der Waals surface area contributed by atoms with Gasteiger partial charge in [-0.2, -0.15) is 0 Å². The molecule has 1 aliphatic rings. The van der Waals surface area contributed by atoms with Crippen LogP contribution in [0.4, 0.5) is 0 Å². The molecular weight excluding hydrogens is 332 g/mol. The summed E-state index contributed by atoms with van der Waals surface area (Å²) in [7, 11) is 6.37. The Morgan fingerprint density at radius 2 is 1.38 bits per heavy atom. The van der Waals surface area contributed by atoms with Crippen LogP contribution in [0.1, 0.15) is 27.9 Å². The van der Waals surface area contributed by atoms with Crippen molar-refractivity contribution in [3.63, 3.8) is 0 Å². The predicted octanol–water partition coefficient (Wildman–Crippen LogP) is 3.93. The van der Waals surface area contributed by atoms with E-state index in [4.69, 9.17) is 18.9 Å². The summed E-state index contributed by atoms with van der Waals surface area (Å²) in [6.07, 6.45) is 3.34. The van der Waals surface area contributed by atoms with Gasteiger partial charge in [0.2, 0.25) is 0 Å². The van der Waals surface area contributed by atoms with Gasteiger partial charge in [-0.15, -0.1) is 0 Å². The van der Waals surface area contributed by atoms with Crippen molar-refractivity contribution in [2.45, 2.75) is 12.8 Å². The molecule has 0 unspecified atom stereocenters. The fourth-order valence-corrected chi connectivity index (χ4v) is 3.15. The molecule has 5 heteroatoms. The van der Waals surface area contributed by atoms with Crippen molar-refractivity contribution in [1.29, 1.82) is 0 Å². The molecule has 5 nitrogen and oxygen atoms in total. The molecule has 3 rings (SSSR count). The van der Waals surface area contributed by atoms with Gasteiger partial charge in [0.25, 0.3) is 0 Å². The zero-order valence-corrected chi connectivity index (χ0v) is 15.4. The molecule has 0 atom stereocenters. The summed E-state index contributed by atoms with van der Waals surface area (Å²) in [5, 5.41) is 0. The minimum Gasteiger partial charge on any atom is -0.497 e. The third-order valence-electron chi connectivity index (χ3n) is 4.52. The Balaban J connectivity index is 2.00. The molecular formula is C21H22O5. The van der Waals surface area contributed by atoms with Gasteiger partial charge in [-0.05, 0) is 54.3 Å². The molecule has 136 valence electrons. The maximum Gasteiger partial charge on any atom is 0.189 e. The fourth-order valence-electron chi connectivity index (χ4n) is 3.15. The van der Waals surface area contributed by atoms with Crippen LogP contribution in [0.2, 0.25) is 0 Å². The Labute approximate surface area is 153 Å². The van der Waals surface area contributed by atoms with Crippen molar-refractivity contribution in [3.8, 4) is 23.0 Å². The van der Waals surface area contributed by atoms with Crippen LogP contribution >= 0.6 is 0 Å². The highest BCUT2D eigenvalue weighted by molar-refractivity contribution is 6.13. The lowest BCUT2D eigenvalue weighted by atomic mass is 9.85. The second-order valence-corrected chi connectivity index (χ2v) is 6.01. The summed E-state index contributed by atoms with van der Waals surface area (Å²) in [6, 6.07) is 9.21. The van der Waals surface area contributed by atoms with E-state index >= 15 is 0 Å². The Kier molecular flexibility index (Phi) is 5.16. The first-order chi connectivity index (χ1) is 12.6. The standard InChI is InChI=1S/C21H22O5/c1-23-16-8-13(9-17(11-16)24-2)7-15-6-5-14-10-19(25-3)20(26-4)12-18(14)21(15)22/h7-12H,5-6H2,1-4H3/b15-7+. The average Bonchev–Trinajstić information content (AvgIpc) is 2.68. The summed E-state index contributed by atoms with van der Waals surface area (Å²) in [5.74, 6) is 2.58. The van der Waals surface area contributed by atoms with E-state index in [-0.39, 0.29) is 5.78 Å². The number of carbonyl (C=O) groups excluding carboxylic acids is 1. The summed E-state index contributed by atoms with van der Waals surface area (Å²) in [5.41, 5.74) is 3.26. The maximum atomic E-state index is 13.0. The van der Waals surface area contributed by atoms with E-state index in [0.717, 1.165) is 23.1 Å². The van der Waals surface area contributed by atoms with E-state index in [1.54, 1.807) is 40.6 Å². The Morgan fingerprint density at radius 3 is 1.96 bits per heavy atom. The second kappa shape index (κ2) is 7.52. The SMILES string of the molecule is COc1cc(/C=C2\CCc3cc(OC)c(OC)cc3C2=O)cc(OC)c1. The molecule has 0 amide bonds. The summed E-state index contributed by atoms with van der Waals surface area (Å²) >= 11 is 0. The number of allylic oxidation sites excluding steroid dienone is 1. The number of aryl methyl sites for hydroxylation is 1. The highest BCUT2D eigenvalue weighted by Gasteiger charge is 2.24. The molecule has 0 aliphatic heterocycles. The minimum absolute atomic E-state index is 0.00832. The molecule has 0 heterocycles. The first kappa shape index (κ1) is 17.9. The molecule has 0 fully saturated rings. The number of fused-ring (bicyclic) bond motifs is 1. The number of hydrogen-bond acceptors (Lipinski definition) is 5. The van der Waals surface area contributed by atoms with Gasteiger partial charge in [-0.25, -0.2) is 0 Å². The van der Waals surface area contributed by atoms with Crippen LogP contribution in [-0.4, -0.2) is 34.2 Å². The van der Waals surface area contributed by atoms with E-state index in [1.165, 1.54) is 0 Å². The second-order valence-electron chi connectivity index (χ2n) is 6.01. The summed E-state index contributed by atoms with van der Waals surface area (Å²) in [6.45, 7) is 0. The number of benzene rings is 2. The van der Waals surface area contributed by atoms with Crippen LogP contribution in [0.5, 0.6) is 23.0 Å². The average molecular weight is 354 g/mol. The quantitative estimate of drug-likeness (QED) is 0.762. The van der Waals surface area contributed by atoms with E-state index < -0.39 is 0 Å². The number of carbonyl (C=O) groups is 1. The summed E-state index contributed by atoms with van der Waals surface area (Å²) in [4.78, 5) is 13.0. The Bertz CT molecular complexity index is 845. The molecule has 0 radical (unpaired) electrons. The minimum atomic E-state index is 0.00832. The van der Waals surface area contributed by atoms with Crippen LogP contribution in [-0.2, 0) is 6.42 Å². The van der Waals surface area contributed by atoms with Gasteiger partial charge in [-0.1, -0.05) is 0 Å². The van der Waals surface area contributed by atoms with Crippen molar-refractivity contribution in [2.75, 3.05) is 28.4 Å². The zero-order valence-electron chi connectivity index (χ0n) is 15.4. The first-order valence-electron chi connectivity index (χ1n) is 8.32. The molecule has 0 aromatic heterocycles. The van der Waals surface area contributed by atoms with Crippen molar-refractivity contribution >= 4 is 11.9 Å². The van der Waals surface area contributed by atoms with E-state index in [9.17, 15) is 4.79 Å². The number of ether oxygens (including phenoxy) is 4. The summed E-state index contributed by atoms with van der Waals surface area (Å²) < 4.78 is 21.3. The molecule has 1 aliphatic carbocycles. The maximum absolute atomic E-state index is 13.0. The lowest BCUT2D eigenvalue weighted by Gasteiger charge is -2.20. The van der Waals surface area contributed by atoms with Crippen LogP contribution in [0.3, 0.4) is 0 Å². The molecule has 0 spiro atoms. The lowest BCUT2D eigenvalue weighted by Crippen LogP contribution is -2.14. The Hall–Kier alpha value is -2.95. The highest BCUT2D eigenvalue weighted by atomic mass is 16.5. The number of rotatable bonds is 5. The van der Waals surface area contributed by atoms with Crippen LogP contribution in [0.25, 0.3) is 6.08 Å². The highest BCUT2D eigenvalue weighted by Crippen LogP contribution is 2.36. The molecule has 2 aromatic rings. The van der Waals surface area contributed by atoms with E-state index in [1.807, 2.05) is 24.3 Å². The third kappa shape index (κ3) is 3.38. The van der Waals surface area contributed by atoms with Crippen molar-refractivity contribution in [2.24, 2.45) is 0 Å². The van der Waals surface area contributed by atoms with Gasteiger partial charge in [0.15, 0.2) is 17.3 Å². The first-order valence-corrected chi connectivity index (χ1v) is 8.32. The van der Waals surface area contributed by atoms with Crippen LogP contribution < -0.4 is 18.9 Å². The van der Waals surface area contributed by atoms with Crippen molar-refractivity contribution in [1.82, 2.24) is 0 Å². The molecule has 26 heavy (non-hydrogen) atoms. The van der Waals surface area contributed by atoms with Crippen molar-refractivity contribution < 1.29 is 23.7 Å². The normalized spacial score (nSPS) is 14.8. The van der Waals surface area contributed by atoms with Gasteiger partial charge in [0.1, 0.15) is 11.5 Å². The molecule has 0 saturated heterocycles. The van der Waals surface area contributed by atoms with Gasteiger partial charge in [0, 0.05) is 17.2 Å². The largest absolute Gasteiger partial charge is 0.497 e. The lowest BCUT2D eigenvalue weighted by molar-refractivity contribution is 0.102. The molecule has 0 bridgehead atoms. The van der Waals surface area contributed by atoms with Gasteiger partial charge in [-0.3, -0.25) is 4.79 Å². The molecule has 2 aromatic carbocycles. The molecule has 0 saturated carbocycles. The monoisotopic (exact) mass is 354 g/mol. The van der Waals surface area contributed by atoms with Gasteiger partial charge < -0.3 is 18.9 Å². The van der Waals surface area contributed by atoms with Crippen molar-refractivity contribution in [3.05, 3.63) is 52.6 Å². The third-order valence-corrected chi connectivity index (χ3v) is 4.52. The number of Topliss-reactive ketones (excluding diaryl/α,β-unsaturated/α-hetero) is 1. The van der Waals surface area contributed by atoms with Gasteiger partial charge >= 0.3 is 0 Å². The number of methoxy groups -OCH3 is 4. The number of hydrogen-bond donors (Lipinski definition) is 0. The molecule has 0 N–H and O–H groups in total.